The van der Waals surface area contributed by atoms with Crippen molar-refractivity contribution < 1.29 is 18.3 Å². The minimum absolute atomic E-state index is 0.521. The van der Waals surface area contributed by atoms with Gasteiger partial charge in [-0.15, -0.1) is 0 Å². The molecule has 2 atom stereocenters. The number of alkyl halides is 1. The molecule has 90 valence electrons. The molecule has 0 amide bonds. The van der Waals surface area contributed by atoms with Crippen LogP contribution in [0.15, 0.2) is 24.3 Å². The lowest BCUT2D eigenvalue weighted by Crippen LogP contribution is -2.21. The van der Waals surface area contributed by atoms with Gasteiger partial charge in [0.05, 0.1) is 7.11 Å². The largest absolute Gasteiger partial charge is 0.497 e. The highest BCUT2D eigenvalue weighted by molar-refractivity contribution is 9.11. The van der Waals surface area contributed by atoms with Crippen LogP contribution < -0.4 is 4.74 Å². The molecule has 0 aliphatic carbocycles. The molecule has 0 bridgehead atoms. The van der Waals surface area contributed by atoms with E-state index in [0.717, 1.165) is 6.26 Å². The molecule has 1 rings (SSSR count). The zero-order chi connectivity index (χ0) is 12.3. The van der Waals surface area contributed by atoms with Crippen LogP contribution in [0.5, 0.6) is 5.75 Å². The van der Waals surface area contributed by atoms with Gasteiger partial charge in [0.15, 0.2) is 9.84 Å². The number of ether oxygens (including phenoxy) is 1. The van der Waals surface area contributed by atoms with Crippen molar-refractivity contribution in [2.45, 2.75) is 10.3 Å². The summed E-state index contributed by atoms with van der Waals surface area (Å²) >= 11 is 2.97. The zero-order valence-corrected chi connectivity index (χ0v) is 11.3. The summed E-state index contributed by atoms with van der Waals surface area (Å²) in [5.41, 5.74) is 0.521. The average molecular weight is 309 g/mol. The summed E-state index contributed by atoms with van der Waals surface area (Å²) in [4.78, 5) is 0. The van der Waals surface area contributed by atoms with Crippen molar-refractivity contribution in [1.29, 1.82) is 0 Å². The Morgan fingerprint density at radius 1 is 1.31 bits per heavy atom. The fourth-order valence-electron chi connectivity index (χ4n) is 1.19. The molecule has 0 radical (unpaired) electrons. The maximum absolute atomic E-state index is 11.2. The third-order valence-corrected chi connectivity index (χ3v) is 5.73. The summed E-state index contributed by atoms with van der Waals surface area (Å²) in [6, 6.07) is 6.59. The molecule has 0 fully saturated rings. The molecule has 0 spiro atoms. The zero-order valence-electron chi connectivity index (χ0n) is 8.92. The number of methoxy groups -OCH3 is 1. The predicted molar refractivity (Wildman–Crippen MR) is 65.5 cm³/mol. The van der Waals surface area contributed by atoms with Gasteiger partial charge >= 0.3 is 0 Å². The first-order valence-electron chi connectivity index (χ1n) is 4.51. The van der Waals surface area contributed by atoms with E-state index in [9.17, 15) is 13.5 Å². The van der Waals surface area contributed by atoms with Crippen LogP contribution in [0.1, 0.15) is 11.7 Å². The first-order valence-corrected chi connectivity index (χ1v) is 7.38. The van der Waals surface area contributed by atoms with Gasteiger partial charge in [-0.2, -0.15) is 0 Å². The molecule has 0 saturated carbocycles. The number of benzene rings is 1. The lowest BCUT2D eigenvalue weighted by Gasteiger charge is -2.16. The van der Waals surface area contributed by atoms with Gasteiger partial charge < -0.3 is 9.84 Å². The number of aliphatic hydroxyl groups is 1. The molecule has 4 nitrogen and oxygen atoms in total. The van der Waals surface area contributed by atoms with Crippen LogP contribution in [-0.4, -0.2) is 31.0 Å². The Morgan fingerprint density at radius 3 is 2.19 bits per heavy atom. The van der Waals surface area contributed by atoms with Gasteiger partial charge in [0.2, 0.25) is 0 Å². The van der Waals surface area contributed by atoms with E-state index in [2.05, 4.69) is 15.9 Å². The summed E-state index contributed by atoms with van der Waals surface area (Å²) in [6.45, 7) is 0. The van der Waals surface area contributed by atoms with E-state index in [1.165, 1.54) is 7.11 Å². The highest BCUT2D eigenvalue weighted by Gasteiger charge is 2.27. The van der Waals surface area contributed by atoms with E-state index in [4.69, 9.17) is 4.74 Å². The number of rotatable bonds is 4. The minimum atomic E-state index is -3.33. The molecule has 0 saturated heterocycles. The Kier molecular flexibility index (Phi) is 4.35. The van der Waals surface area contributed by atoms with E-state index in [-0.39, 0.29) is 0 Å². The third-order valence-electron chi connectivity index (χ3n) is 2.11. The van der Waals surface area contributed by atoms with Crippen molar-refractivity contribution in [3.8, 4) is 5.75 Å². The van der Waals surface area contributed by atoms with Crippen LogP contribution in [0.4, 0.5) is 0 Å². The van der Waals surface area contributed by atoms with Gasteiger partial charge in [-0.25, -0.2) is 8.42 Å². The standard InChI is InChI=1S/C10H13BrO4S/c1-15-8-5-3-7(4-6-8)9(12)10(11)16(2,13)14/h3-6,9-10,12H,1-2H3. The highest BCUT2D eigenvalue weighted by atomic mass is 79.9. The Hall–Kier alpha value is -0.590. The van der Waals surface area contributed by atoms with Crippen LogP contribution in [-0.2, 0) is 9.84 Å². The van der Waals surface area contributed by atoms with Crippen molar-refractivity contribution in [1.82, 2.24) is 0 Å². The van der Waals surface area contributed by atoms with E-state index in [1.807, 2.05) is 0 Å². The minimum Gasteiger partial charge on any atom is -0.497 e. The number of hydrogen-bond donors (Lipinski definition) is 1. The monoisotopic (exact) mass is 308 g/mol. The number of aliphatic hydroxyl groups excluding tert-OH is 1. The summed E-state index contributed by atoms with van der Waals surface area (Å²) < 4.78 is 26.4. The second-order valence-corrected chi connectivity index (χ2v) is 7.16. The third kappa shape index (κ3) is 3.20. The fraction of sp³-hybridized carbons (Fsp3) is 0.400. The summed E-state index contributed by atoms with van der Waals surface area (Å²) in [6.07, 6.45) is -0.0278. The number of halogens is 1. The molecule has 0 aromatic heterocycles. The van der Waals surface area contributed by atoms with Crippen LogP contribution in [0.3, 0.4) is 0 Å². The van der Waals surface area contributed by atoms with E-state index < -0.39 is 20.1 Å². The number of hydrogen-bond acceptors (Lipinski definition) is 4. The topological polar surface area (TPSA) is 63.6 Å². The maximum Gasteiger partial charge on any atom is 0.163 e. The molecule has 0 aliphatic heterocycles. The maximum atomic E-state index is 11.2. The smallest absolute Gasteiger partial charge is 0.163 e. The summed E-state index contributed by atoms with van der Waals surface area (Å²) in [5.74, 6) is 0.654. The van der Waals surface area contributed by atoms with Gasteiger partial charge in [-0.3, -0.25) is 0 Å². The lowest BCUT2D eigenvalue weighted by molar-refractivity contribution is 0.195. The van der Waals surface area contributed by atoms with Crippen molar-refractivity contribution in [3.63, 3.8) is 0 Å². The quantitative estimate of drug-likeness (QED) is 0.856. The fourth-order valence-corrected chi connectivity index (χ4v) is 2.12. The van der Waals surface area contributed by atoms with Crippen LogP contribution in [0.2, 0.25) is 0 Å². The molecule has 1 aromatic carbocycles. The Morgan fingerprint density at radius 2 is 1.81 bits per heavy atom. The predicted octanol–water partition coefficient (Wildman–Crippen LogP) is 1.49. The van der Waals surface area contributed by atoms with Crippen molar-refractivity contribution in [2.75, 3.05) is 13.4 Å². The van der Waals surface area contributed by atoms with Crippen molar-refractivity contribution >= 4 is 25.8 Å². The molecular formula is C10H13BrO4S. The SMILES string of the molecule is COc1ccc(C(O)C(Br)S(C)(=O)=O)cc1. The Labute approximate surface area is 103 Å². The van der Waals surface area contributed by atoms with Gasteiger partial charge in [0, 0.05) is 6.26 Å². The van der Waals surface area contributed by atoms with Gasteiger partial charge in [0.1, 0.15) is 16.0 Å². The highest BCUT2D eigenvalue weighted by Crippen LogP contribution is 2.27. The van der Waals surface area contributed by atoms with Crippen LogP contribution in [0, 0.1) is 0 Å². The Bertz CT molecular complexity index is 440. The van der Waals surface area contributed by atoms with E-state index in [1.54, 1.807) is 24.3 Å². The van der Waals surface area contributed by atoms with E-state index in [0.29, 0.717) is 11.3 Å². The van der Waals surface area contributed by atoms with Crippen LogP contribution in [0.25, 0.3) is 0 Å². The molecular weight excluding hydrogens is 296 g/mol. The van der Waals surface area contributed by atoms with Crippen molar-refractivity contribution in [2.24, 2.45) is 0 Å². The molecule has 2 unspecified atom stereocenters. The lowest BCUT2D eigenvalue weighted by atomic mass is 10.1. The average Bonchev–Trinajstić information content (AvgIpc) is 2.26. The molecule has 6 heteroatoms. The normalized spacial score (nSPS) is 15.5. The first-order chi connectivity index (χ1) is 7.36. The molecule has 1 aromatic rings. The Balaban J connectivity index is 2.92. The first kappa shape index (κ1) is 13.5. The summed E-state index contributed by atoms with van der Waals surface area (Å²) in [5, 5.41) is 9.82. The van der Waals surface area contributed by atoms with E-state index >= 15 is 0 Å². The number of sulfone groups is 1. The molecule has 0 heterocycles. The molecule has 16 heavy (non-hydrogen) atoms. The second kappa shape index (κ2) is 5.16. The summed E-state index contributed by atoms with van der Waals surface area (Å²) in [7, 11) is -1.79. The molecule has 1 N–H and O–H groups in total. The van der Waals surface area contributed by atoms with Crippen molar-refractivity contribution in [3.05, 3.63) is 29.8 Å². The second-order valence-electron chi connectivity index (χ2n) is 3.40. The van der Waals surface area contributed by atoms with Crippen LogP contribution >= 0.6 is 15.9 Å². The van der Waals surface area contributed by atoms with Gasteiger partial charge in [0.25, 0.3) is 0 Å². The van der Waals surface area contributed by atoms with Gasteiger partial charge in [-0.05, 0) is 17.7 Å². The van der Waals surface area contributed by atoms with Gasteiger partial charge in [-0.1, -0.05) is 28.1 Å². The molecule has 0 aliphatic rings.